The first-order valence-electron chi connectivity index (χ1n) is 15.9. The molecular formula is C34H42N8O4Pd. The zero-order chi connectivity index (χ0) is 32.6. The summed E-state index contributed by atoms with van der Waals surface area (Å²) in [6, 6.07) is 14.3. The molecule has 2 amide bonds. The third-order valence-electron chi connectivity index (χ3n) is 8.99. The number of nitro groups is 1. The Morgan fingerprint density at radius 3 is 1.66 bits per heavy atom. The van der Waals surface area contributed by atoms with Crippen molar-refractivity contribution in [2.24, 2.45) is 0 Å². The number of non-ortho nitro benzene ring substituents is 1. The van der Waals surface area contributed by atoms with E-state index < -0.39 is 4.92 Å². The molecule has 0 atom stereocenters. The number of rotatable bonds is 5. The molecule has 47 heavy (non-hydrogen) atoms. The first-order valence-corrected chi connectivity index (χ1v) is 15.9. The largest absolute Gasteiger partial charge is 0.399 e. The molecule has 2 aliphatic rings. The SMILES string of the molecule is CN(C(=O)n1cnc(-c2cccc(N)c2)c1)C1CCCCC1.CN(C(=O)n1cnc(-c2cccc([N+](=O)[O-])c2)c1)C1CCCCC1.[Pd]. The van der Waals surface area contributed by atoms with E-state index >= 15 is 0 Å². The van der Waals surface area contributed by atoms with Crippen LogP contribution in [0.4, 0.5) is 21.0 Å². The number of anilines is 1. The molecule has 4 aromatic rings. The molecular weight excluding hydrogens is 691 g/mol. The average molecular weight is 733 g/mol. The number of nitro benzene ring substituents is 1. The summed E-state index contributed by atoms with van der Waals surface area (Å²) < 4.78 is 3.01. The maximum atomic E-state index is 12.6. The molecule has 6 rings (SSSR count). The van der Waals surface area contributed by atoms with Crippen molar-refractivity contribution in [3.8, 4) is 22.5 Å². The quantitative estimate of drug-likeness (QED) is 0.100. The predicted molar refractivity (Wildman–Crippen MR) is 177 cm³/mol. The van der Waals surface area contributed by atoms with Gasteiger partial charge in [0, 0.05) is 87.9 Å². The summed E-state index contributed by atoms with van der Waals surface area (Å²) >= 11 is 0. The second-order valence-corrected chi connectivity index (χ2v) is 12.1. The standard InChI is InChI=1S/C17H20N4O3.C17H22N4O.Pd/c1-19(14-7-3-2-4-8-14)17(22)20-11-16(18-12-20)13-6-5-9-15(10-13)21(23)24;1-20(15-8-3-2-4-9-15)17(22)21-11-16(19-12-21)13-6-5-7-14(18)10-13;/h5-6,9-12,14H,2-4,7-8H2,1H3;5-7,10-12,15H,2-4,8-9,18H2,1H3;. The van der Waals surface area contributed by atoms with Crippen molar-refractivity contribution < 1.29 is 34.9 Å². The zero-order valence-electron chi connectivity index (χ0n) is 26.8. The maximum Gasteiger partial charge on any atom is 0.329 e. The van der Waals surface area contributed by atoms with Crippen LogP contribution in [0, 0.1) is 10.1 Å². The van der Waals surface area contributed by atoms with Crippen molar-refractivity contribution in [3.05, 3.63) is 83.7 Å². The maximum absolute atomic E-state index is 12.6. The number of aromatic nitrogens is 4. The molecule has 0 radical (unpaired) electrons. The number of nitrogens with zero attached hydrogens (tertiary/aromatic N) is 7. The van der Waals surface area contributed by atoms with E-state index in [0.717, 1.165) is 49.8 Å². The third kappa shape index (κ3) is 8.93. The van der Waals surface area contributed by atoms with Gasteiger partial charge >= 0.3 is 12.1 Å². The molecule has 0 saturated heterocycles. The Bertz CT molecular complexity index is 1660. The first-order chi connectivity index (χ1) is 22.2. The second-order valence-electron chi connectivity index (χ2n) is 12.1. The minimum Gasteiger partial charge on any atom is -0.399 e. The van der Waals surface area contributed by atoms with E-state index in [9.17, 15) is 19.7 Å². The van der Waals surface area contributed by atoms with Crippen LogP contribution in [0.15, 0.2) is 73.6 Å². The molecule has 2 aromatic carbocycles. The molecule has 2 aromatic heterocycles. The van der Waals surface area contributed by atoms with Gasteiger partial charge in [0.2, 0.25) is 0 Å². The van der Waals surface area contributed by atoms with Crippen molar-refractivity contribution in [3.63, 3.8) is 0 Å². The number of nitrogens with two attached hydrogens (primary N) is 1. The van der Waals surface area contributed by atoms with Crippen LogP contribution < -0.4 is 5.73 Å². The second kappa shape index (κ2) is 16.5. The fraction of sp³-hybridized carbons (Fsp3) is 0.412. The third-order valence-corrected chi connectivity index (χ3v) is 8.99. The monoisotopic (exact) mass is 732 g/mol. The van der Waals surface area contributed by atoms with E-state index in [1.807, 2.05) is 43.3 Å². The molecule has 2 aliphatic carbocycles. The van der Waals surface area contributed by atoms with Crippen molar-refractivity contribution in [1.29, 1.82) is 0 Å². The Morgan fingerprint density at radius 1 is 0.766 bits per heavy atom. The van der Waals surface area contributed by atoms with Crippen molar-refractivity contribution >= 4 is 23.4 Å². The van der Waals surface area contributed by atoms with Gasteiger partial charge in [0.05, 0.1) is 16.3 Å². The molecule has 0 aliphatic heterocycles. The Hall–Kier alpha value is -4.34. The molecule has 0 bridgehead atoms. The van der Waals surface area contributed by atoms with Gasteiger partial charge in [-0.25, -0.2) is 19.6 Å². The van der Waals surface area contributed by atoms with Crippen molar-refractivity contribution in [1.82, 2.24) is 28.9 Å². The number of hydrogen-bond donors (Lipinski definition) is 1. The van der Waals surface area contributed by atoms with E-state index in [1.165, 1.54) is 48.7 Å². The van der Waals surface area contributed by atoms with E-state index in [1.54, 1.807) is 40.3 Å². The summed E-state index contributed by atoms with van der Waals surface area (Å²) in [7, 11) is 3.71. The van der Waals surface area contributed by atoms with Crippen LogP contribution in [0.3, 0.4) is 0 Å². The van der Waals surface area contributed by atoms with Crippen LogP contribution in [-0.4, -0.2) is 72.1 Å². The average Bonchev–Trinajstić information content (AvgIpc) is 3.80. The van der Waals surface area contributed by atoms with Gasteiger partial charge < -0.3 is 15.5 Å². The summed E-state index contributed by atoms with van der Waals surface area (Å²) in [5.74, 6) is 0. The Balaban J connectivity index is 0.000000209. The Kier molecular flexibility index (Phi) is 12.4. The van der Waals surface area contributed by atoms with Gasteiger partial charge in [0.25, 0.3) is 5.69 Å². The minimum absolute atomic E-state index is 0. The van der Waals surface area contributed by atoms with Crippen LogP contribution in [-0.2, 0) is 20.4 Å². The molecule has 2 fully saturated rings. The van der Waals surface area contributed by atoms with Crippen LogP contribution in [0.2, 0.25) is 0 Å². The number of nitrogen functional groups attached to an aromatic ring is 1. The van der Waals surface area contributed by atoms with Gasteiger partial charge in [-0.05, 0) is 37.8 Å². The van der Waals surface area contributed by atoms with Gasteiger partial charge in [-0.15, -0.1) is 0 Å². The summed E-state index contributed by atoms with van der Waals surface area (Å²) in [4.78, 5) is 47.8. The normalized spacial score (nSPS) is 15.1. The number of hydrogen-bond acceptors (Lipinski definition) is 7. The number of imidazole rings is 2. The van der Waals surface area contributed by atoms with Gasteiger partial charge in [-0.1, -0.05) is 62.8 Å². The van der Waals surface area contributed by atoms with Gasteiger partial charge in [0.1, 0.15) is 12.7 Å². The number of carbonyl (C=O) groups is 2. The van der Waals surface area contributed by atoms with Gasteiger partial charge in [-0.2, -0.15) is 0 Å². The molecule has 252 valence electrons. The fourth-order valence-corrected chi connectivity index (χ4v) is 6.24. The van der Waals surface area contributed by atoms with Crippen LogP contribution >= 0.6 is 0 Å². The van der Waals surface area contributed by atoms with Crippen LogP contribution in [0.25, 0.3) is 22.5 Å². The van der Waals surface area contributed by atoms with Crippen molar-refractivity contribution in [2.75, 3.05) is 19.8 Å². The predicted octanol–water partition coefficient (Wildman–Crippen LogP) is 7.05. The van der Waals surface area contributed by atoms with Crippen LogP contribution in [0.1, 0.15) is 64.2 Å². The van der Waals surface area contributed by atoms with E-state index in [2.05, 4.69) is 9.97 Å². The fourth-order valence-electron chi connectivity index (χ4n) is 6.24. The smallest absolute Gasteiger partial charge is 0.329 e. The van der Waals surface area contributed by atoms with Crippen molar-refractivity contribution in [2.45, 2.75) is 76.3 Å². The molecule has 0 unspecified atom stereocenters. The summed E-state index contributed by atoms with van der Waals surface area (Å²) in [5, 5.41) is 10.9. The molecule has 2 heterocycles. The summed E-state index contributed by atoms with van der Waals surface area (Å²) in [6.45, 7) is 0. The zero-order valence-corrected chi connectivity index (χ0v) is 28.4. The Labute approximate surface area is 288 Å². The number of amides is 2. The molecule has 0 spiro atoms. The number of benzene rings is 2. The summed E-state index contributed by atoms with van der Waals surface area (Å²) in [5.41, 5.74) is 9.35. The van der Waals surface area contributed by atoms with Gasteiger partial charge in [0.15, 0.2) is 0 Å². The molecule has 2 saturated carbocycles. The Morgan fingerprint density at radius 2 is 1.21 bits per heavy atom. The topological polar surface area (TPSA) is 145 Å². The van der Waals surface area contributed by atoms with E-state index in [4.69, 9.17) is 5.73 Å². The number of carbonyl (C=O) groups excluding carboxylic acids is 2. The van der Waals surface area contributed by atoms with Crippen LogP contribution in [0.5, 0.6) is 0 Å². The first kappa shape index (κ1) is 35.5. The van der Waals surface area contributed by atoms with Gasteiger partial charge in [-0.3, -0.25) is 19.2 Å². The molecule has 13 heteroatoms. The molecule has 12 nitrogen and oxygen atoms in total. The summed E-state index contributed by atoms with van der Waals surface area (Å²) in [6.07, 6.45) is 18.0. The van der Waals surface area contributed by atoms with E-state index in [-0.39, 0.29) is 44.2 Å². The molecule has 2 N–H and O–H groups in total. The minimum atomic E-state index is -0.442. The van der Waals surface area contributed by atoms with E-state index in [0.29, 0.717) is 23.0 Å².